The molecule has 0 aliphatic carbocycles. The van der Waals surface area contributed by atoms with Gasteiger partial charge in [-0.15, -0.1) is 0 Å². The fourth-order valence-electron chi connectivity index (χ4n) is 2.81. The topological polar surface area (TPSA) is 90.3 Å². The van der Waals surface area contributed by atoms with Gasteiger partial charge in [-0.05, 0) is 31.9 Å². The normalized spacial score (nSPS) is 12.4. The smallest absolute Gasteiger partial charge is 0.430 e. The molecule has 0 spiro atoms. The van der Waals surface area contributed by atoms with Gasteiger partial charge >= 0.3 is 24.4 Å². The van der Waals surface area contributed by atoms with Crippen LogP contribution in [0.15, 0.2) is 24.3 Å². The van der Waals surface area contributed by atoms with E-state index in [1.165, 1.54) is 4.90 Å². The molecule has 0 heterocycles. The molecule has 182 valence electrons. The minimum atomic E-state index is -6.06. The zero-order valence-electron chi connectivity index (χ0n) is 17.3. The van der Waals surface area contributed by atoms with Gasteiger partial charge in [-0.25, -0.2) is 4.79 Å². The van der Waals surface area contributed by atoms with Gasteiger partial charge in [-0.2, -0.15) is 26.3 Å². The van der Waals surface area contributed by atoms with Crippen molar-refractivity contribution in [3.8, 4) is 0 Å². The van der Waals surface area contributed by atoms with Crippen LogP contribution in [0.3, 0.4) is 0 Å². The van der Waals surface area contributed by atoms with Gasteiger partial charge in [0.25, 0.3) is 5.60 Å². The fraction of sp³-hybridized carbons (Fsp3) is 0.579. The zero-order chi connectivity index (χ0) is 24.7. The van der Waals surface area contributed by atoms with Crippen molar-refractivity contribution in [2.45, 2.75) is 37.7 Å². The van der Waals surface area contributed by atoms with Gasteiger partial charge in [-0.3, -0.25) is 9.69 Å². The van der Waals surface area contributed by atoms with Gasteiger partial charge in [0, 0.05) is 30.9 Å². The van der Waals surface area contributed by atoms with Crippen molar-refractivity contribution < 1.29 is 50.9 Å². The van der Waals surface area contributed by atoms with Gasteiger partial charge in [-0.1, -0.05) is 12.1 Å². The molecule has 0 atom stereocenters. The van der Waals surface area contributed by atoms with Crippen molar-refractivity contribution in [2.75, 3.05) is 38.3 Å². The number of hydrogen-bond acceptors (Lipinski definition) is 5. The van der Waals surface area contributed by atoms with Crippen LogP contribution in [0.4, 0.5) is 36.8 Å². The van der Waals surface area contributed by atoms with E-state index < -0.39 is 42.1 Å². The van der Waals surface area contributed by atoms with Crippen LogP contribution in [0, 0.1) is 0 Å². The Bertz CT molecular complexity index is 753. The number of carbonyl (C=O) groups is 2. The van der Waals surface area contributed by atoms with Crippen molar-refractivity contribution in [3.63, 3.8) is 0 Å². The summed E-state index contributed by atoms with van der Waals surface area (Å²) in [6.45, 7) is 1.23. The number of nitrogens with zero attached hydrogens (tertiary/aromatic N) is 2. The third-order valence-electron chi connectivity index (χ3n) is 4.65. The van der Waals surface area contributed by atoms with E-state index in [2.05, 4.69) is 4.74 Å². The summed E-state index contributed by atoms with van der Waals surface area (Å²) in [5.41, 5.74) is -6.80. The van der Waals surface area contributed by atoms with Crippen LogP contribution >= 0.6 is 0 Å². The number of ether oxygens (including phenoxy) is 1. The van der Waals surface area contributed by atoms with Gasteiger partial charge in [0.15, 0.2) is 0 Å². The second-order valence-corrected chi connectivity index (χ2v) is 6.71. The molecular formula is C19H24F6N2O5. The molecule has 0 radical (unpaired) electrons. The number of unbranched alkanes of at least 4 members (excludes halogenated alkanes) is 1. The van der Waals surface area contributed by atoms with Crippen molar-refractivity contribution in [1.82, 2.24) is 4.90 Å². The number of anilines is 1. The number of rotatable bonds is 9. The number of methoxy groups -OCH3 is 1. The molecule has 2 amide bonds. The predicted octanol–water partition coefficient (Wildman–Crippen LogP) is 3.19. The Kier molecular flexibility index (Phi) is 9.33. The van der Waals surface area contributed by atoms with Crippen molar-refractivity contribution >= 4 is 17.7 Å². The van der Waals surface area contributed by atoms with E-state index in [9.17, 15) is 41.0 Å². The monoisotopic (exact) mass is 474 g/mol. The van der Waals surface area contributed by atoms with E-state index in [-0.39, 0.29) is 25.4 Å². The lowest BCUT2D eigenvalue weighted by Crippen LogP contribution is -2.53. The van der Waals surface area contributed by atoms with Crippen LogP contribution in [0.5, 0.6) is 0 Å². The van der Waals surface area contributed by atoms with E-state index in [1.807, 2.05) is 0 Å². The van der Waals surface area contributed by atoms with E-state index in [0.717, 1.165) is 24.1 Å². The SMILES string of the molecule is CCN(CCCCO)C(=O)N(CC(=O)OC)c1ccc(C(O)(C(F)(F)F)C(F)(F)F)cc1. The van der Waals surface area contributed by atoms with E-state index >= 15 is 0 Å². The molecule has 1 aromatic rings. The van der Waals surface area contributed by atoms with Crippen molar-refractivity contribution in [3.05, 3.63) is 29.8 Å². The molecule has 1 rings (SSSR count). The zero-order valence-corrected chi connectivity index (χ0v) is 17.3. The summed E-state index contributed by atoms with van der Waals surface area (Å²) in [5.74, 6) is -0.879. The Labute approximate surface area is 180 Å². The summed E-state index contributed by atoms with van der Waals surface area (Å²) < 4.78 is 82.9. The number of esters is 1. The third kappa shape index (κ3) is 6.03. The number of alkyl halides is 6. The second kappa shape index (κ2) is 10.9. The van der Waals surface area contributed by atoms with Gasteiger partial charge < -0.3 is 19.8 Å². The Morgan fingerprint density at radius 2 is 1.53 bits per heavy atom. The number of halogens is 6. The standard InChI is InChI=1S/C19H24F6N2O5/c1-3-26(10-4-5-11-28)16(30)27(12-15(29)32-2)14-8-6-13(7-9-14)17(31,18(20,21)22)19(23,24)25/h6-9,28,31H,3-5,10-12H2,1-2H3. The molecule has 0 aromatic heterocycles. The number of benzene rings is 1. The average molecular weight is 474 g/mol. The lowest BCUT2D eigenvalue weighted by atomic mass is 9.92. The van der Waals surface area contributed by atoms with Crippen LogP contribution in [-0.2, 0) is 15.1 Å². The Morgan fingerprint density at radius 1 is 1.00 bits per heavy atom. The number of amides is 2. The van der Waals surface area contributed by atoms with E-state index in [4.69, 9.17) is 5.11 Å². The molecule has 7 nitrogen and oxygen atoms in total. The van der Waals surface area contributed by atoms with Crippen LogP contribution in [0.1, 0.15) is 25.3 Å². The molecular weight excluding hydrogens is 450 g/mol. The molecule has 0 saturated heterocycles. The Hall–Kier alpha value is -2.54. The summed E-state index contributed by atoms with van der Waals surface area (Å²) in [6.07, 6.45) is -11.3. The van der Waals surface area contributed by atoms with Crippen LogP contribution in [-0.4, -0.2) is 72.8 Å². The van der Waals surface area contributed by atoms with E-state index in [0.29, 0.717) is 25.0 Å². The predicted molar refractivity (Wildman–Crippen MR) is 101 cm³/mol. The third-order valence-corrected chi connectivity index (χ3v) is 4.65. The first-order chi connectivity index (χ1) is 14.7. The molecule has 2 N–H and O–H groups in total. The highest BCUT2D eigenvalue weighted by Gasteiger charge is 2.71. The van der Waals surface area contributed by atoms with Crippen LogP contribution in [0.2, 0.25) is 0 Å². The Morgan fingerprint density at radius 3 is 1.94 bits per heavy atom. The van der Waals surface area contributed by atoms with Crippen molar-refractivity contribution in [2.24, 2.45) is 0 Å². The number of carbonyl (C=O) groups excluding carboxylic acids is 2. The van der Waals surface area contributed by atoms with Gasteiger partial charge in [0.05, 0.1) is 7.11 Å². The fourth-order valence-corrected chi connectivity index (χ4v) is 2.81. The second-order valence-electron chi connectivity index (χ2n) is 6.71. The van der Waals surface area contributed by atoms with Gasteiger partial charge in [0.2, 0.25) is 0 Å². The number of aliphatic hydroxyl groups is 2. The highest BCUT2D eigenvalue weighted by atomic mass is 19.4. The first-order valence-electron chi connectivity index (χ1n) is 9.45. The maximum atomic E-state index is 13.1. The molecule has 0 saturated carbocycles. The summed E-state index contributed by atoms with van der Waals surface area (Å²) in [6, 6.07) is 1.55. The summed E-state index contributed by atoms with van der Waals surface area (Å²) in [7, 11) is 1.04. The van der Waals surface area contributed by atoms with Gasteiger partial charge in [0.1, 0.15) is 6.54 Å². The lowest BCUT2D eigenvalue weighted by Gasteiger charge is -2.33. The summed E-state index contributed by atoms with van der Waals surface area (Å²) in [5, 5.41) is 18.4. The summed E-state index contributed by atoms with van der Waals surface area (Å²) in [4.78, 5) is 26.8. The number of hydrogen-bond donors (Lipinski definition) is 2. The molecule has 32 heavy (non-hydrogen) atoms. The highest BCUT2D eigenvalue weighted by molar-refractivity contribution is 5.96. The molecule has 1 aromatic carbocycles. The molecule has 13 heteroatoms. The van der Waals surface area contributed by atoms with Crippen LogP contribution in [0.25, 0.3) is 0 Å². The molecule has 0 aliphatic heterocycles. The molecule has 0 aliphatic rings. The molecule has 0 unspecified atom stereocenters. The summed E-state index contributed by atoms with van der Waals surface area (Å²) >= 11 is 0. The molecule has 0 bridgehead atoms. The average Bonchev–Trinajstić information content (AvgIpc) is 2.72. The minimum absolute atomic E-state index is 0.111. The number of aliphatic hydroxyl groups excluding tert-OH is 1. The first-order valence-corrected chi connectivity index (χ1v) is 9.45. The maximum Gasteiger partial charge on any atom is 0.430 e. The Balaban J connectivity index is 3.35. The number of urea groups is 1. The van der Waals surface area contributed by atoms with Crippen molar-refractivity contribution in [1.29, 1.82) is 0 Å². The quantitative estimate of drug-likeness (QED) is 0.326. The highest BCUT2D eigenvalue weighted by Crippen LogP contribution is 2.50. The van der Waals surface area contributed by atoms with Crippen LogP contribution < -0.4 is 4.90 Å². The molecule has 0 fully saturated rings. The lowest BCUT2D eigenvalue weighted by molar-refractivity contribution is -0.376. The van der Waals surface area contributed by atoms with E-state index in [1.54, 1.807) is 6.92 Å². The first kappa shape index (κ1) is 27.5. The largest absolute Gasteiger partial charge is 0.468 e. The maximum absolute atomic E-state index is 13.1. The minimum Gasteiger partial charge on any atom is -0.468 e.